The average Bonchev–Trinajstić information content (AvgIpc) is 2.28. The highest BCUT2D eigenvalue weighted by Gasteiger charge is 2.24. The number of nitrogens with one attached hydrogen (secondary N) is 2. The largest absolute Gasteiger partial charge is 0.341 e. The van der Waals surface area contributed by atoms with Crippen LogP contribution >= 0.6 is 0 Å². The molecule has 0 spiro atoms. The van der Waals surface area contributed by atoms with Crippen LogP contribution in [0.1, 0.15) is 0 Å². The lowest BCUT2D eigenvalue weighted by Gasteiger charge is -2.32. The molecule has 1 heterocycles. The van der Waals surface area contributed by atoms with Gasteiger partial charge < -0.3 is 5.32 Å². The van der Waals surface area contributed by atoms with E-state index in [1.807, 2.05) is 0 Å². The van der Waals surface area contributed by atoms with Crippen molar-refractivity contribution in [1.29, 1.82) is 0 Å². The van der Waals surface area contributed by atoms with Crippen molar-refractivity contribution in [3.8, 4) is 0 Å². The molecule has 0 atom stereocenters. The SMILES string of the molecule is CNC(=O)NC(=O)CN1CCN(S(C)(=O)=O)CC1. The molecule has 0 radical (unpaired) electrons. The van der Waals surface area contributed by atoms with Crippen molar-refractivity contribution in [1.82, 2.24) is 19.8 Å². The number of urea groups is 1. The third kappa shape index (κ3) is 4.59. The van der Waals surface area contributed by atoms with Crippen LogP contribution in [-0.2, 0) is 14.8 Å². The minimum Gasteiger partial charge on any atom is -0.341 e. The van der Waals surface area contributed by atoms with Gasteiger partial charge in [-0.2, -0.15) is 4.31 Å². The van der Waals surface area contributed by atoms with Gasteiger partial charge in [-0.1, -0.05) is 0 Å². The van der Waals surface area contributed by atoms with Gasteiger partial charge in [0.2, 0.25) is 15.9 Å². The zero-order valence-electron chi connectivity index (χ0n) is 10.5. The fourth-order valence-corrected chi connectivity index (χ4v) is 2.48. The van der Waals surface area contributed by atoms with Crippen molar-refractivity contribution in [2.24, 2.45) is 0 Å². The van der Waals surface area contributed by atoms with Gasteiger partial charge in [-0.25, -0.2) is 13.2 Å². The molecule has 1 fully saturated rings. The second-order valence-corrected chi connectivity index (χ2v) is 6.05. The average molecular weight is 278 g/mol. The van der Waals surface area contributed by atoms with E-state index in [0.717, 1.165) is 0 Å². The molecule has 0 unspecified atom stereocenters. The summed E-state index contributed by atoms with van der Waals surface area (Å²) in [6.07, 6.45) is 1.17. The Labute approximate surface area is 106 Å². The Morgan fingerprint density at radius 1 is 1.17 bits per heavy atom. The summed E-state index contributed by atoms with van der Waals surface area (Å²) in [5, 5.41) is 4.44. The van der Waals surface area contributed by atoms with E-state index in [0.29, 0.717) is 26.2 Å². The van der Waals surface area contributed by atoms with Crippen LogP contribution in [0.3, 0.4) is 0 Å². The summed E-state index contributed by atoms with van der Waals surface area (Å²) in [6, 6.07) is -0.547. The Bertz CT molecular complexity index is 414. The molecule has 1 saturated heterocycles. The molecular formula is C9H18N4O4S. The van der Waals surface area contributed by atoms with E-state index in [4.69, 9.17) is 0 Å². The van der Waals surface area contributed by atoms with Gasteiger partial charge in [0, 0.05) is 33.2 Å². The first-order chi connectivity index (χ1) is 8.32. The summed E-state index contributed by atoms with van der Waals surface area (Å²) in [6.45, 7) is 1.78. The van der Waals surface area contributed by atoms with Gasteiger partial charge in [-0.15, -0.1) is 0 Å². The molecule has 0 saturated carbocycles. The Hall–Kier alpha value is -1.19. The highest BCUT2D eigenvalue weighted by Crippen LogP contribution is 2.05. The fraction of sp³-hybridized carbons (Fsp3) is 0.778. The van der Waals surface area contributed by atoms with Crippen molar-refractivity contribution in [2.45, 2.75) is 0 Å². The van der Waals surface area contributed by atoms with Gasteiger partial charge in [0.15, 0.2) is 0 Å². The first-order valence-corrected chi connectivity index (χ1v) is 7.37. The van der Waals surface area contributed by atoms with Crippen LogP contribution in [-0.4, -0.2) is 75.6 Å². The molecule has 0 aliphatic carbocycles. The van der Waals surface area contributed by atoms with E-state index in [1.54, 1.807) is 4.90 Å². The number of amides is 3. The number of hydrogen-bond acceptors (Lipinski definition) is 5. The molecule has 0 aromatic carbocycles. The minimum atomic E-state index is -3.16. The zero-order chi connectivity index (χ0) is 13.8. The van der Waals surface area contributed by atoms with Gasteiger partial charge in [0.1, 0.15) is 0 Å². The lowest BCUT2D eigenvalue weighted by atomic mass is 10.3. The highest BCUT2D eigenvalue weighted by molar-refractivity contribution is 7.88. The molecule has 2 N–H and O–H groups in total. The van der Waals surface area contributed by atoms with Crippen molar-refractivity contribution in [3.63, 3.8) is 0 Å². The van der Waals surface area contributed by atoms with E-state index >= 15 is 0 Å². The van der Waals surface area contributed by atoms with Crippen LogP contribution in [0.5, 0.6) is 0 Å². The third-order valence-corrected chi connectivity index (χ3v) is 3.95. The van der Waals surface area contributed by atoms with E-state index in [9.17, 15) is 18.0 Å². The quantitative estimate of drug-likeness (QED) is 0.623. The van der Waals surface area contributed by atoms with Crippen molar-refractivity contribution in [3.05, 3.63) is 0 Å². The summed E-state index contributed by atoms with van der Waals surface area (Å²) in [4.78, 5) is 24.1. The second kappa shape index (κ2) is 6.12. The second-order valence-electron chi connectivity index (χ2n) is 4.07. The standard InChI is InChI=1S/C9H18N4O4S/c1-10-9(15)11-8(14)7-12-3-5-13(6-4-12)18(2,16)17/h3-7H2,1-2H3,(H2,10,11,14,15). The Morgan fingerprint density at radius 3 is 2.17 bits per heavy atom. The summed E-state index contributed by atoms with van der Waals surface area (Å²) in [5.41, 5.74) is 0. The number of carbonyl (C=O) groups excluding carboxylic acids is 2. The van der Waals surface area contributed by atoms with E-state index in [1.165, 1.54) is 17.6 Å². The van der Waals surface area contributed by atoms with Crippen LogP contribution < -0.4 is 10.6 Å². The number of hydrogen-bond donors (Lipinski definition) is 2. The molecule has 1 aliphatic rings. The van der Waals surface area contributed by atoms with E-state index < -0.39 is 22.0 Å². The molecule has 0 aromatic rings. The van der Waals surface area contributed by atoms with Gasteiger partial charge in [0.05, 0.1) is 12.8 Å². The van der Waals surface area contributed by atoms with Gasteiger partial charge >= 0.3 is 6.03 Å². The lowest BCUT2D eigenvalue weighted by Crippen LogP contribution is -2.51. The van der Waals surface area contributed by atoms with Crippen LogP contribution in [0.4, 0.5) is 4.79 Å². The number of imide groups is 1. The first-order valence-electron chi connectivity index (χ1n) is 5.52. The molecule has 18 heavy (non-hydrogen) atoms. The zero-order valence-corrected chi connectivity index (χ0v) is 11.3. The monoisotopic (exact) mass is 278 g/mol. The molecule has 3 amide bonds. The number of nitrogens with zero attached hydrogens (tertiary/aromatic N) is 2. The summed E-state index contributed by atoms with van der Waals surface area (Å²) >= 11 is 0. The lowest BCUT2D eigenvalue weighted by molar-refractivity contribution is -0.121. The third-order valence-electron chi connectivity index (χ3n) is 2.65. The normalized spacial score (nSPS) is 18.3. The van der Waals surface area contributed by atoms with E-state index in [2.05, 4.69) is 10.6 Å². The fourth-order valence-electron chi connectivity index (χ4n) is 1.65. The van der Waals surface area contributed by atoms with Crippen LogP contribution in [0, 0.1) is 0 Å². The number of sulfonamides is 1. The first kappa shape index (κ1) is 14.9. The maximum absolute atomic E-state index is 11.4. The molecule has 0 bridgehead atoms. The number of carbonyl (C=O) groups is 2. The Kier molecular flexibility index (Phi) is 5.05. The molecular weight excluding hydrogens is 260 g/mol. The molecule has 9 heteroatoms. The van der Waals surface area contributed by atoms with Gasteiger partial charge in [0.25, 0.3) is 0 Å². The maximum atomic E-state index is 11.4. The van der Waals surface area contributed by atoms with Crippen LogP contribution in [0.25, 0.3) is 0 Å². The van der Waals surface area contributed by atoms with Gasteiger partial charge in [-0.3, -0.25) is 15.0 Å². The predicted octanol–water partition coefficient (Wildman–Crippen LogP) is -1.98. The van der Waals surface area contributed by atoms with Crippen molar-refractivity contribution < 1.29 is 18.0 Å². The smallest absolute Gasteiger partial charge is 0.321 e. The van der Waals surface area contributed by atoms with E-state index in [-0.39, 0.29) is 6.54 Å². The highest BCUT2D eigenvalue weighted by atomic mass is 32.2. The minimum absolute atomic E-state index is 0.0883. The molecule has 0 aromatic heterocycles. The molecule has 8 nitrogen and oxygen atoms in total. The maximum Gasteiger partial charge on any atom is 0.321 e. The predicted molar refractivity (Wildman–Crippen MR) is 65.5 cm³/mol. The molecule has 1 rings (SSSR count). The summed E-state index contributed by atoms with van der Waals surface area (Å²) in [5.74, 6) is -0.401. The van der Waals surface area contributed by atoms with Crippen LogP contribution in [0.2, 0.25) is 0 Å². The Balaban J connectivity index is 2.36. The van der Waals surface area contributed by atoms with Crippen molar-refractivity contribution >= 4 is 22.0 Å². The number of rotatable bonds is 3. The molecule has 1 aliphatic heterocycles. The molecule has 104 valence electrons. The summed E-state index contributed by atoms with van der Waals surface area (Å²) < 4.78 is 23.9. The van der Waals surface area contributed by atoms with Crippen molar-refractivity contribution in [2.75, 3.05) is 46.0 Å². The summed E-state index contributed by atoms with van der Waals surface area (Å²) in [7, 11) is -1.73. The number of piperazine rings is 1. The Morgan fingerprint density at radius 2 is 1.72 bits per heavy atom. The van der Waals surface area contributed by atoms with Gasteiger partial charge in [-0.05, 0) is 0 Å². The topological polar surface area (TPSA) is 98.8 Å². The van der Waals surface area contributed by atoms with Crippen LogP contribution in [0.15, 0.2) is 0 Å².